The van der Waals surface area contributed by atoms with Crippen LogP contribution in [0, 0.1) is 0 Å². The number of rotatable bonds is 6. The molecule has 32 heavy (non-hydrogen) atoms. The lowest BCUT2D eigenvalue weighted by Gasteiger charge is -2.29. The molecule has 0 saturated carbocycles. The number of imidazole rings is 1. The summed E-state index contributed by atoms with van der Waals surface area (Å²) in [5.74, 6) is 0.818. The minimum Gasteiger partial charge on any atom is -0.481 e. The third kappa shape index (κ3) is 5.68. The predicted octanol–water partition coefficient (Wildman–Crippen LogP) is 1.81. The summed E-state index contributed by atoms with van der Waals surface area (Å²) < 4.78 is 13.1. The molecule has 0 spiro atoms. The number of piperazine rings is 1. The summed E-state index contributed by atoms with van der Waals surface area (Å²) in [6, 6.07) is 5.40. The number of benzene rings is 1. The molecule has 0 radical (unpaired) electrons. The number of amides is 3. The van der Waals surface area contributed by atoms with Crippen molar-refractivity contribution in [2.75, 3.05) is 19.6 Å². The Labute approximate surface area is 187 Å². The highest BCUT2D eigenvalue weighted by Crippen LogP contribution is 2.23. The van der Waals surface area contributed by atoms with Gasteiger partial charge in [-0.3, -0.25) is 9.59 Å². The number of fused-ring (bicyclic) bond motifs is 1. The fraction of sp³-hybridized carbons (Fsp3) is 0.545. The van der Waals surface area contributed by atoms with E-state index in [0.717, 1.165) is 11.0 Å². The van der Waals surface area contributed by atoms with E-state index in [4.69, 9.17) is 9.47 Å². The molecule has 1 aliphatic rings. The fourth-order valence-electron chi connectivity index (χ4n) is 3.52. The topological polar surface area (TPSA) is 115 Å². The van der Waals surface area contributed by atoms with Gasteiger partial charge in [0.1, 0.15) is 17.2 Å². The van der Waals surface area contributed by atoms with Crippen molar-refractivity contribution in [2.45, 2.75) is 59.4 Å². The molecular weight excluding hydrogens is 414 g/mol. The van der Waals surface area contributed by atoms with Crippen LogP contribution in [0.3, 0.4) is 0 Å². The molecule has 0 aliphatic carbocycles. The molecule has 3 rings (SSSR count). The number of aromatic nitrogens is 2. The molecule has 1 aromatic heterocycles. The maximum absolute atomic E-state index is 12.6. The van der Waals surface area contributed by atoms with Crippen molar-refractivity contribution in [3.63, 3.8) is 0 Å². The van der Waals surface area contributed by atoms with Crippen molar-refractivity contribution < 1.29 is 23.9 Å². The average Bonchev–Trinajstić information content (AvgIpc) is 3.07. The lowest BCUT2D eigenvalue weighted by Crippen LogP contribution is -2.53. The molecular formula is C22H31N5O5. The Balaban J connectivity index is 1.71. The molecule has 1 atom stereocenters. The lowest BCUT2D eigenvalue weighted by atomic mass is 10.2. The first-order chi connectivity index (χ1) is 15.1. The van der Waals surface area contributed by atoms with Gasteiger partial charge in [-0.05, 0) is 46.8 Å². The van der Waals surface area contributed by atoms with Gasteiger partial charge >= 0.3 is 6.09 Å². The number of aryl methyl sites for hydroxylation is 1. The zero-order chi connectivity index (χ0) is 23.5. The van der Waals surface area contributed by atoms with Crippen molar-refractivity contribution in [3.05, 3.63) is 24.0 Å². The number of alkyl carbamates (subject to hydrolysis) is 1. The number of carbonyl (C=O) groups is 3. The first-order valence-corrected chi connectivity index (χ1v) is 10.8. The summed E-state index contributed by atoms with van der Waals surface area (Å²) in [6.07, 6.45) is -1.24. The molecule has 2 heterocycles. The minimum atomic E-state index is -0.732. The second kappa shape index (κ2) is 9.46. The van der Waals surface area contributed by atoms with Crippen LogP contribution in [0.15, 0.2) is 18.2 Å². The summed E-state index contributed by atoms with van der Waals surface area (Å²) in [5, 5.41) is 5.44. The van der Waals surface area contributed by atoms with Crippen LogP contribution in [0.4, 0.5) is 4.79 Å². The summed E-state index contributed by atoms with van der Waals surface area (Å²) >= 11 is 0. The molecule has 174 valence electrons. The van der Waals surface area contributed by atoms with Gasteiger partial charge in [0.25, 0.3) is 5.91 Å². The maximum atomic E-state index is 12.6. The van der Waals surface area contributed by atoms with E-state index >= 15 is 0 Å². The molecule has 3 amide bonds. The maximum Gasteiger partial charge on any atom is 0.408 e. The standard InChI is InChI=1S/C22H31N5O5/c1-6-27-17-11-15(31-14(2)20(29)26-10-9-23-19(28)13-26)7-8-16(17)25-18(27)12-24-21(30)32-22(3,4)5/h7-8,11,14H,6,9-10,12-13H2,1-5H3,(H,23,28)(H,24,30)/t14-/m1/s1. The van der Waals surface area contributed by atoms with E-state index in [-0.39, 0.29) is 24.9 Å². The summed E-state index contributed by atoms with van der Waals surface area (Å²) in [5.41, 5.74) is 1.02. The molecule has 1 aromatic carbocycles. The van der Waals surface area contributed by atoms with E-state index in [1.54, 1.807) is 33.8 Å². The van der Waals surface area contributed by atoms with Gasteiger partial charge < -0.3 is 29.6 Å². The average molecular weight is 446 g/mol. The first-order valence-electron chi connectivity index (χ1n) is 10.8. The van der Waals surface area contributed by atoms with Crippen LogP contribution in [0.2, 0.25) is 0 Å². The Bertz CT molecular complexity index is 1010. The number of hydrogen-bond acceptors (Lipinski definition) is 6. The smallest absolute Gasteiger partial charge is 0.408 e. The molecule has 1 saturated heterocycles. The molecule has 0 unspecified atom stereocenters. The SMILES string of the molecule is CCn1c(CNC(=O)OC(C)(C)C)nc2ccc(O[C@H](C)C(=O)N3CCNC(=O)C3)cc21. The first kappa shape index (κ1) is 23.4. The number of ether oxygens (including phenoxy) is 2. The lowest BCUT2D eigenvalue weighted by molar-refractivity contribution is -0.143. The van der Waals surface area contributed by atoms with Gasteiger partial charge in [-0.1, -0.05) is 0 Å². The van der Waals surface area contributed by atoms with Gasteiger partial charge in [-0.25, -0.2) is 9.78 Å². The third-order valence-electron chi connectivity index (χ3n) is 4.92. The Morgan fingerprint density at radius 3 is 2.72 bits per heavy atom. The van der Waals surface area contributed by atoms with Crippen molar-refractivity contribution in [3.8, 4) is 5.75 Å². The van der Waals surface area contributed by atoms with E-state index in [9.17, 15) is 14.4 Å². The summed E-state index contributed by atoms with van der Waals surface area (Å²) in [4.78, 5) is 42.3. The quantitative estimate of drug-likeness (QED) is 0.701. The molecule has 10 heteroatoms. The number of nitrogens with zero attached hydrogens (tertiary/aromatic N) is 3. The monoisotopic (exact) mass is 445 g/mol. The Morgan fingerprint density at radius 1 is 1.31 bits per heavy atom. The van der Waals surface area contributed by atoms with Gasteiger partial charge in [0.15, 0.2) is 6.10 Å². The normalized spacial score (nSPS) is 15.3. The molecule has 2 aromatic rings. The Kier molecular flexibility index (Phi) is 6.90. The van der Waals surface area contributed by atoms with E-state index in [2.05, 4.69) is 15.6 Å². The van der Waals surface area contributed by atoms with E-state index in [0.29, 0.717) is 31.2 Å². The number of hydrogen-bond donors (Lipinski definition) is 2. The highest BCUT2D eigenvalue weighted by molar-refractivity contribution is 5.88. The van der Waals surface area contributed by atoms with Crippen molar-refractivity contribution in [2.24, 2.45) is 0 Å². The van der Waals surface area contributed by atoms with Crippen LogP contribution in [-0.2, 0) is 27.4 Å². The minimum absolute atomic E-state index is 0.0438. The van der Waals surface area contributed by atoms with Crippen LogP contribution in [0.5, 0.6) is 5.75 Å². The van der Waals surface area contributed by atoms with Gasteiger partial charge in [0.05, 0.1) is 24.1 Å². The van der Waals surface area contributed by atoms with Gasteiger partial charge in [-0.2, -0.15) is 0 Å². The number of nitrogens with one attached hydrogen (secondary N) is 2. The highest BCUT2D eigenvalue weighted by Gasteiger charge is 2.26. The number of carbonyl (C=O) groups excluding carboxylic acids is 3. The van der Waals surface area contributed by atoms with Crippen LogP contribution >= 0.6 is 0 Å². The Morgan fingerprint density at radius 2 is 2.06 bits per heavy atom. The van der Waals surface area contributed by atoms with Crippen LogP contribution in [-0.4, -0.2) is 63.7 Å². The fourth-order valence-corrected chi connectivity index (χ4v) is 3.52. The third-order valence-corrected chi connectivity index (χ3v) is 4.92. The van der Waals surface area contributed by atoms with Gasteiger partial charge in [-0.15, -0.1) is 0 Å². The van der Waals surface area contributed by atoms with Crippen LogP contribution in [0.1, 0.15) is 40.4 Å². The second-order valence-electron chi connectivity index (χ2n) is 8.65. The second-order valence-corrected chi connectivity index (χ2v) is 8.65. The van der Waals surface area contributed by atoms with Crippen molar-refractivity contribution >= 4 is 28.9 Å². The molecule has 0 bridgehead atoms. The van der Waals surface area contributed by atoms with Gasteiger partial charge in [0.2, 0.25) is 5.91 Å². The van der Waals surface area contributed by atoms with Crippen molar-refractivity contribution in [1.29, 1.82) is 0 Å². The molecule has 2 N–H and O–H groups in total. The summed E-state index contributed by atoms with van der Waals surface area (Å²) in [7, 11) is 0. The van der Waals surface area contributed by atoms with E-state index in [1.165, 1.54) is 4.90 Å². The van der Waals surface area contributed by atoms with Gasteiger partial charge in [0, 0.05) is 25.7 Å². The van der Waals surface area contributed by atoms with E-state index < -0.39 is 17.8 Å². The predicted molar refractivity (Wildman–Crippen MR) is 118 cm³/mol. The molecule has 10 nitrogen and oxygen atoms in total. The highest BCUT2D eigenvalue weighted by atomic mass is 16.6. The van der Waals surface area contributed by atoms with Crippen LogP contribution in [0.25, 0.3) is 11.0 Å². The molecule has 1 aliphatic heterocycles. The Hall–Kier alpha value is -3.30. The largest absolute Gasteiger partial charge is 0.481 e. The van der Waals surface area contributed by atoms with E-state index in [1.807, 2.05) is 23.6 Å². The van der Waals surface area contributed by atoms with Crippen molar-refractivity contribution in [1.82, 2.24) is 25.1 Å². The zero-order valence-corrected chi connectivity index (χ0v) is 19.2. The molecule has 1 fully saturated rings. The zero-order valence-electron chi connectivity index (χ0n) is 19.2. The van der Waals surface area contributed by atoms with Crippen LogP contribution < -0.4 is 15.4 Å². The summed E-state index contributed by atoms with van der Waals surface area (Å²) in [6.45, 7) is 10.9.